The number of para-hydroxylation sites is 1. The van der Waals surface area contributed by atoms with Crippen molar-refractivity contribution in [3.05, 3.63) is 53.9 Å². The average Bonchev–Trinajstić information content (AvgIpc) is 3.13. The number of nitrogens with one attached hydrogen (secondary N) is 2. The predicted octanol–water partition coefficient (Wildman–Crippen LogP) is 3.68. The second-order valence-corrected chi connectivity index (χ2v) is 7.34. The minimum atomic E-state index is -4.58. The van der Waals surface area contributed by atoms with Crippen LogP contribution < -0.4 is 16.4 Å². The monoisotopic (exact) mass is 418 g/mol. The fourth-order valence-corrected chi connectivity index (χ4v) is 3.67. The second kappa shape index (κ2) is 7.94. The van der Waals surface area contributed by atoms with Gasteiger partial charge in [-0.25, -0.2) is 9.50 Å². The molecule has 2 aromatic heterocycles. The lowest BCUT2D eigenvalue weighted by Gasteiger charge is -2.29. The molecular formula is C20H21F3N6O. The molecule has 0 bridgehead atoms. The van der Waals surface area contributed by atoms with E-state index in [1.807, 2.05) is 0 Å². The Kier molecular flexibility index (Phi) is 5.33. The van der Waals surface area contributed by atoms with Crippen LogP contribution in [0.4, 0.5) is 24.7 Å². The van der Waals surface area contributed by atoms with E-state index in [2.05, 4.69) is 20.7 Å². The van der Waals surface area contributed by atoms with Crippen LogP contribution in [0.5, 0.6) is 0 Å². The molecule has 0 spiro atoms. The lowest BCUT2D eigenvalue weighted by atomic mass is 9.91. The molecule has 1 saturated carbocycles. The van der Waals surface area contributed by atoms with E-state index >= 15 is 0 Å². The van der Waals surface area contributed by atoms with E-state index < -0.39 is 17.6 Å². The zero-order chi connectivity index (χ0) is 21.3. The number of hydrogen-bond acceptors (Lipinski definition) is 5. The summed E-state index contributed by atoms with van der Waals surface area (Å²) in [5, 5.41) is 9.70. The number of aromatic nitrogens is 3. The van der Waals surface area contributed by atoms with Gasteiger partial charge in [-0.15, -0.1) is 0 Å². The number of rotatable bonds is 4. The first kappa shape index (κ1) is 20.1. The van der Waals surface area contributed by atoms with Crippen LogP contribution in [0.3, 0.4) is 0 Å². The van der Waals surface area contributed by atoms with Gasteiger partial charge in [0.05, 0.1) is 17.4 Å². The van der Waals surface area contributed by atoms with Crippen molar-refractivity contribution in [2.75, 3.05) is 10.6 Å². The molecular weight excluding hydrogens is 397 g/mol. The highest BCUT2D eigenvalue weighted by molar-refractivity contribution is 6.08. The van der Waals surface area contributed by atoms with Gasteiger partial charge in [-0.1, -0.05) is 25.0 Å². The molecule has 3 aromatic rings. The Morgan fingerprint density at radius 2 is 1.93 bits per heavy atom. The molecule has 2 heterocycles. The van der Waals surface area contributed by atoms with Gasteiger partial charge in [0, 0.05) is 18.3 Å². The van der Waals surface area contributed by atoms with E-state index in [1.54, 1.807) is 12.3 Å². The SMILES string of the molecule is N[C@H]1CCCC[C@H]1Nc1ccn2ncc(C(=O)Nc3ccccc3C(F)(F)F)c2n1. The summed E-state index contributed by atoms with van der Waals surface area (Å²) in [6.07, 6.45) is 2.36. The Morgan fingerprint density at radius 3 is 2.70 bits per heavy atom. The maximum atomic E-state index is 13.2. The van der Waals surface area contributed by atoms with Gasteiger partial charge in [0.15, 0.2) is 5.65 Å². The highest BCUT2D eigenvalue weighted by atomic mass is 19.4. The van der Waals surface area contributed by atoms with E-state index in [1.165, 1.54) is 28.9 Å². The smallest absolute Gasteiger partial charge is 0.366 e. The molecule has 0 unspecified atom stereocenters. The van der Waals surface area contributed by atoms with E-state index in [0.717, 1.165) is 31.7 Å². The second-order valence-electron chi connectivity index (χ2n) is 7.34. The van der Waals surface area contributed by atoms with Crippen molar-refractivity contribution < 1.29 is 18.0 Å². The number of nitrogens with two attached hydrogens (primary N) is 1. The quantitative estimate of drug-likeness (QED) is 0.601. The molecule has 30 heavy (non-hydrogen) atoms. The van der Waals surface area contributed by atoms with Gasteiger partial charge in [-0.3, -0.25) is 4.79 Å². The molecule has 4 rings (SSSR count). The number of benzene rings is 1. The zero-order valence-electron chi connectivity index (χ0n) is 16.0. The third-order valence-electron chi connectivity index (χ3n) is 5.25. The highest BCUT2D eigenvalue weighted by Gasteiger charge is 2.34. The predicted molar refractivity (Wildman–Crippen MR) is 106 cm³/mol. The number of nitrogens with zero attached hydrogens (tertiary/aromatic N) is 3. The average molecular weight is 418 g/mol. The lowest BCUT2D eigenvalue weighted by molar-refractivity contribution is -0.136. The molecule has 4 N–H and O–H groups in total. The Morgan fingerprint density at radius 1 is 1.17 bits per heavy atom. The van der Waals surface area contributed by atoms with Gasteiger partial charge in [0.25, 0.3) is 5.91 Å². The van der Waals surface area contributed by atoms with Crippen LogP contribution in [0.1, 0.15) is 41.6 Å². The van der Waals surface area contributed by atoms with Crippen molar-refractivity contribution in [3.8, 4) is 0 Å². The molecule has 1 amide bonds. The molecule has 1 fully saturated rings. The first-order valence-corrected chi connectivity index (χ1v) is 9.67. The summed E-state index contributed by atoms with van der Waals surface area (Å²) in [6.45, 7) is 0. The summed E-state index contributed by atoms with van der Waals surface area (Å²) in [6, 6.07) is 6.63. The molecule has 0 radical (unpaired) electrons. The maximum Gasteiger partial charge on any atom is 0.418 e. The van der Waals surface area contributed by atoms with Crippen molar-refractivity contribution in [3.63, 3.8) is 0 Å². The van der Waals surface area contributed by atoms with Crippen molar-refractivity contribution in [1.29, 1.82) is 0 Å². The maximum absolute atomic E-state index is 13.2. The van der Waals surface area contributed by atoms with Crippen LogP contribution in [0.15, 0.2) is 42.7 Å². The van der Waals surface area contributed by atoms with Gasteiger partial charge in [0.1, 0.15) is 11.4 Å². The molecule has 2 atom stereocenters. The van der Waals surface area contributed by atoms with Crippen LogP contribution in [0, 0.1) is 0 Å². The number of alkyl halides is 3. The molecule has 1 aliphatic carbocycles. The number of anilines is 2. The molecule has 0 saturated heterocycles. The van der Waals surface area contributed by atoms with Crippen LogP contribution in [-0.2, 0) is 6.18 Å². The Bertz CT molecular complexity index is 1060. The summed E-state index contributed by atoms with van der Waals surface area (Å²) in [5.74, 6) is -0.184. The summed E-state index contributed by atoms with van der Waals surface area (Å²) in [4.78, 5) is 17.2. The van der Waals surface area contributed by atoms with Crippen molar-refractivity contribution >= 4 is 23.1 Å². The van der Waals surface area contributed by atoms with Crippen LogP contribution >= 0.6 is 0 Å². The minimum absolute atomic E-state index is 0.0170. The summed E-state index contributed by atoms with van der Waals surface area (Å²) in [7, 11) is 0. The van der Waals surface area contributed by atoms with E-state index in [-0.39, 0.29) is 29.0 Å². The van der Waals surface area contributed by atoms with Crippen LogP contribution in [0.25, 0.3) is 5.65 Å². The van der Waals surface area contributed by atoms with Gasteiger partial charge in [-0.2, -0.15) is 18.3 Å². The molecule has 158 valence electrons. The third kappa shape index (κ3) is 4.09. The fourth-order valence-electron chi connectivity index (χ4n) is 3.67. The van der Waals surface area contributed by atoms with E-state index in [0.29, 0.717) is 5.82 Å². The summed E-state index contributed by atoms with van der Waals surface area (Å²) >= 11 is 0. The van der Waals surface area contributed by atoms with E-state index in [4.69, 9.17) is 5.73 Å². The number of halogens is 3. The van der Waals surface area contributed by atoms with Crippen molar-refractivity contribution in [1.82, 2.24) is 14.6 Å². The highest BCUT2D eigenvalue weighted by Crippen LogP contribution is 2.34. The van der Waals surface area contributed by atoms with Crippen molar-refractivity contribution in [2.45, 2.75) is 43.9 Å². The number of hydrogen-bond donors (Lipinski definition) is 3. The number of amides is 1. The molecule has 10 heteroatoms. The van der Waals surface area contributed by atoms with E-state index in [9.17, 15) is 18.0 Å². The first-order chi connectivity index (χ1) is 14.3. The number of carbonyl (C=O) groups excluding carboxylic acids is 1. The Hall–Kier alpha value is -3.14. The van der Waals surface area contributed by atoms with Gasteiger partial charge in [0.2, 0.25) is 0 Å². The third-order valence-corrected chi connectivity index (χ3v) is 5.25. The molecule has 0 aliphatic heterocycles. The fraction of sp³-hybridized carbons (Fsp3) is 0.350. The molecule has 7 nitrogen and oxygen atoms in total. The Balaban J connectivity index is 1.59. The van der Waals surface area contributed by atoms with Gasteiger partial charge >= 0.3 is 6.18 Å². The zero-order valence-corrected chi connectivity index (χ0v) is 16.0. The van der Waals surface area contributed by atoms with Gasteiger partial charge < -0.3 is 16.4 Å². The number of fused-ring (bicyclic) bond motifs is 1. The number of carbonyl (C=O) groups is 1. The standard InChI is InChI=1S/C20H21F3N6O/c21-20(22,23)13-5-1-3-7-15(13)27-19(30)12-11-25-29-10-9-17(28-18(12)29)26-16-8-4-2-6-14(16)24/h1,3,5,7,9-11,14,16H,2,4,6,8,24H2,(H,26,28)(H,27,30)/t14-,16+/m0/s1. The molecule has 1 aromatic carbocycles. The topological polar surface area (TPSA) is 97.3 Å². The normalized spacial score (nSPS) is 19.6. The van der Waals surface area contributed by atoms with Crippen molar-refractivity contribution in [2.24, 2.45) is 5.73 Å². The first-order valence-electron chi connectivity index (χ1n) is 9.67. The van der Waals surface area contributed by atoms with Crippen LogP contribution in [-0.4, -0.2) is 32.6 Å². The summed E-state index contributed by atoms with van der Waals surface area (Å²) in [5.41, 5.74) is 5.24. The minimum Gasteiger partial charge on any atom is -0.366 e. The molecule has 1 aliphatic rings. The lowest BCUT2D eigenvalue weighted by Crippen LogP contribution is -2.42. The summed E-state index contributed by atoms with van der Waals surface area (Å²) < 4.78 is 41.0. The van der Waals surface area contributed by atoms with Crippen LogP contribution in [0.2, 0.25) is 0 Å². The Labute approximate surface area is 170 Å². The largest absolute Gasteiger partial charge is 0.418 e. The van der Waals surface area contributed by atoms with Gasteiger partial charge in [-0.05, 0) is 31.0 Å².